The molecule has 0 bridgehead atoms. The summed E-state index contributed by atoms with van der Waals surface area (Å²) in [5.41, 5.74) is 1.52. The zero-order valence-electron chi connectivity index (χ0n) is 15.5. The van der Waals surface area contributed by atoms with Crippen LogP contribution in [0.1, 0.15) is 27.6 Å². The molecule has 28 heavy (non-hydrogen) atoms. The summed E-state index contributed by atoms with van der Waals surface area (Å²) in [4.78, 5) is 48.6. The monoisotopic (exact) mass is 376 g/mol. The Kier molecular flexibility index (Phi) is 4.65. The van der Waals surface area contributed by atoms with Crippen LogP contribution in [0.15, 0.2) is 54.9 Å². The van der Waals surface area contributed by atoms with Crippen molar-refractivity contribution in [2.75, 3.05) is 19.6 Å². The van der Waals surface area contributed by atoms with Gasteiger partial charge < -0.3 is 14.8 Å². The summed E-state index contributed by atoms with van der Waals surface area (Å²) in [6.07, 6.45) is 3.15. The van der Waals surface area contributed by atoms with Crippen LogP contribution in [0.5, 0.6) is 0 Å². The number of aromatic amines is 1. The maximum Gasteiger partial charge on any atom is 0.295 e. The number of pyridine rings is 1. The third-order valence-electron chi connectivity index (χ3n) is 5.09. The first-order valence-corrected chi connectivity index (χ1v) is 9.18. The lowest BCUT2D eigenvalue weighted by Crippen LogP contribution is -2.56. The highest BCUT2D eigenvalue weighted by Crippen LogP contribution is 2.19. The van der Waals surface area contributed by atoms with Gasteiger partial charge in [-0.1, -0.05) is 18.2 Å². The maximum absolute atomic E-state index is 12.8. The van der Waals surface area contributed by atoms with E-state index in [1.165, 1.54) is 6.20 Å². The number of carbonyl (C=O) groups is 3. The largest absolute Gasteiger partial charge is 0.345 e. The molecule has 3 aromatic rings. The standard InChI is InChI=1S/C21H20N4O3/c1-14-13-24(20(27)15-6-3-2-4-7-15)10-11-25(14)21(28)18(26)17-12-23-19-16(17)8-5-9-22-19/h2-9,12,14H,10-11,13H2,1H3,(H,22,23)/t14-/m0/s1. The van der Waals surface area contributed by atoms with Crippen LogP contribution in [0, 0.1) is 0 Å². The highest BCUT2D eigenvalue weighted by atomic mass is 16.2. The Morgan fingerprint density at radius 3 is 2.61 bits per heavy atom. The first-order chi connectivity index (χ1) is 13.6. The Hall–Kier alpha value is -3.48. The van der Waals surface area contributed by atoms with Gasteiger partial charge in [0.2, 0.25) is 0 Å². The van der Waals surface area contributed by atoms with Gasteiger partial charge in [-0.2, -0.15) is 0 Å². The number of piperazine rings is 1. The number of amides is 2. The average molecular weight is 376 g/mol. The Labute approximate surface area is 162 Å². The lowest BCUT2D eigenvalue weighted by Gasteiger charge is -2.39. The molecule has 0 aliphatic carbocycles. The SMILES string of the molecule is C[C@H]1CN(C(=O)c2ccccc2)CCN1C(=O)C(=O)c1c[nH]c2ncccc12. The highest BCUT2D eigenvalue weighted by Gasteiger charge is 2.34. The van der Waals surface area contributed by atoms with Crippen LogP contribution in [0.4, 0.5) is 0 Å². The normalized spacial score (nSPS) is 17.0. The van der Waals surface area contributed by atoms with E-state index in [4.69, 9.17) is 0 Å². The number of benzene rings is 1. The van der Waals surface area contributed by atoms with Crippen molar-refractivity contribution in [3.05, 3.63) is 66.0 Å². The van der Waals surface area contributed by atoms with Gasteiger partial charge in [0.15, 0.2) is 0 Å². The van der Waals surface area contributed by atoms with Gasteiger partial charge >= 0.3 is 0 Å². The molecule has 142 valence electrons. The summed E-state index contributed by atoms with van der Waals surface area (Å²) in [5, 5.41) is 0.631. The molecular formula is C21H20N4O3. The molecule has 0 unspecified atom stereocenters. The van der Waals surface area contributed by atoms with Crippen molar-refractivity contribution in [1.82, 2.24) is 19.8 Å². The van der Waals surface area contributed by atoms with Crippen LogP contribution in [-0.4, -0.2) is 63.0 Å². The maximum atomic E-state index is 12.8. The van der Waals surface area contributed by atoms with Gasteiger partial charge in [-0.3, -0.25) is 14.4 Å². The number of fused-ring (bicyclic) bond motifs is 1. The number of hydrogen-bond acceptors (Lipinski definition) is 4. The molecule has 3 heterocycles. The molecule has 1 atom stereocenters. The second-order valence-corrected chi connectivity index (χ2v) is 6.90. The van der Waals surface area contributed by atoms with E-state index in [2.05, 4.69) is 9.97 Å². The number of nitrogens with zero attached hydrogens (tertiary/aromatic N) is 3. The first-order valence-electron chi connectivity index (χ1n) is 9.18. The van der Waals surface area contributed by atoms with Gasteiger partial charge in [-0.15, -0.1) is 0 Å². The van der Waals surface area contributed by atoms with Gasteiger partial charge in [0.25, 0.3) is 17.6 Å². The van der Waals surface area contributed by atoms with Crippen LogP contribution < -0.4 is 0 Å². The van der Waals surface area contributed by atoms with Gasteiger partial charge in [-0.05, 0) is 31.2 Å². The number of Topliss-reactive ketones (excluding diaryl/α,β-unsaturated/α-hetero) is 1. The van der Waals surface area contributed by atoms with Gasteiger partial charge in [0, 0.05) is 49.0 Å². The quantitative estimate of drug-likeness (QED) is 0.560. The van der Waals surface area contributed by atoms with E-state index >= 15 is 0 Å². The highest BCUT2D eigenvalue weighted by molar-refractivity contribution is 6.44. The summed E-state index contributed by atoms with van der Waals surface area (Å²) in [6.45, 7) is 2.96. The Balaban J connectivity index is 1.48. The lowest BCUT2D eigenvalue weighted by molar-refractivity contribution is -0.130. The van der Waals surface area contributed by atoms with E-state index in [0.29, 0.717) is 41.8 Å². The molecule has 2 aromatic heterocycles. The smallest absolute Gasteiger partial charge is 0.295 e. The van der Waals surface area contributed by atoms with Crippen molar-refractivity contribution in [1.29, 1.82) is 0 Å². The topological polar surface area (TPSA) is 86.4 Å². The van der Waals surface area contributed by atoms with E-state index in [0.717, 1.165) is 0 Å². The Bertz CT molecular complexity index is 1040. The fraction of sp³-hybridized carbons (Fsp3) is 0.238. The fourth-order valence-electron chi connectivity index (χ4n) is 3.60. The van der Waals surface area contributed by atoms with Gasteiger partial charge in [0.1, 0.15) is 5.65 Å². The molecule has 0 radical (unpaired) electrons. The second-order valence-electron chi connectivity index (χ2n) is 6.90. The molecule has 1 aromatic carbocycles. The number of ketones is 1. The molecule has 1 aliphatic heterocycles. The summed E-state index contributed by atoms with van der Waals surface area (Å²) < 4.78 is 0. The van der Waals surface area contributed by atoms with Gasteiger partial charge in [-0.25, -0.2) is 4.98 Å². The van der Waals surface area contributed by atoms with E-state index in [1.807, 2.05) is 25.1 Å². The third kappa shape index (κ3) is 3.15. The molecule has 2 amide bonds. The number of hydrogen-bond donors (Lipinski definition) is 1. The zero-order chi connectivity index (χ0) is 19.7. The van der Waals surface area contributed by atoms with E-state index < -0.39 is 11.7 Å². The molecule has 1 fully saturated rings. The third-order valence-corrected chi connectivity index (χ3v) is 5.09. The van der Waals surface area contributed by atoms with E-state index in [1.54, 1.807) is 40.3 Å². The minimum Gasteiger partial charge on any atom is -0.345 e. The molecule has 1 N–H and O–H groups in total. The van der Waals surface area contributed by atoms with Crippen LogP contribution in [0.3, 0.4) is 0 Å². The van der Waals surface area contributed by atoms with E-state index in [-0.39, 0.29) is 11.9 Å². The van der Waals surface area contributed by atoms with Crippen LogP contribution in [0.2, 0.25) is 0 Å². The number of H-pyrrole nitrogens is 1. The predicted molar refractivity (Wildman–Crippen MR) is 104 cm³/mol. The molecule has 0 saturated carbocycles. The summed E-state index contributed by atoms with van der Waals surface area (Å²) in [7, 11) is 0. The summed E-state index contributed by atoms with van der Waals surface area (Å²) >= 11 is 0. The lowest BCUT2D eigenvalue weighted by atomic mass is 10.1. The van der Waals surface area contributed by atoms with Crippen LogP contribution >= 0.6 is 0 Å². The zero-order valence-corrected chi connectivity index (χ0v) is 15.5. The average Bonchev–Trinajstić information content (AvgIpc) is 3.17. The molecule has 1 saturated heterocycles. The van der Waals surface area contributed by atoms with Crippen molar-refractivity contribution >= 4 is 28.6 Å². The van der Waals surface area contributed by atoms with Crippen molar-refractivity contribution in [3.63, 3.8) is 0 Å². The van der Waals surface area contributed by atoms with Crippen molar-refractivity contribution < 1.29 is 14.4 Å². The number of rotatable bonds is 3. The minimum absolute atomic E-state index is 0.0615. The molecule has 1 aliphatic rings. The van der Waals surface area contributed by atoms with Crippen molar-refractivity contribution in [3.8, 4) is 0 Å². The summed E-state index contributed by atoms with van der Waals surface area (Å²) in [5.74, 6) is -1.17. The van der Waals surface area contributed by atoms with Crippen molar-refractivity contribution in [2.24, 2.45) is 0 Å². The number of carbonyl (C=O) groups excluding carboxylic acids is 3. The van der Waals surface area contributed by atoms with Gasteiger partial charge in [0.05, 0.1) is 5.56 Å². The molecular weight excluding hydrogens is 356 g/mol. The summed E-state index contributed by atoms with van der Waals surface area (Å²) in [6, 6.07) is 12.3. The fourth-order valence-corrected chi connectivity index (χ4v) is 3.60. The second kappa shape index (κ2) is 7.26. The number of nitrogens with one attached hydrogen (secondary N) is 1. The molecule has 7 heteroatoms. The number of aromatic nitrogens is 2. The Morgan fingerprint density at radius 1 is 1.07 bits per heavy atom. The van der Waals surface area contributed by atoms with Crippen LogP contribution in [0.25, 0.3) is 11.0 Å². The Morgan fingerprint density at radius 2 is 1.86 bits per heavy atom. The first kappa shape index (κ1) is 17.9. The van der Waals surface area contributed by atoms with Crippen LogP contribution in [-0.2, 0) is 4.79 Å². The molecule has 0 spiro atoms. The predicted octanol–water partition coefficient (Wildman–Crippen LogP) is 2.12. The van der Waals surface area contributed by atoms with Crippen molar-refractivity contribution in [2.45, 2.75) is 13.0 Å². The van der Waals surface area contributed by atoms with E-state index in [9.17, 15) is 14.4 Å². The minimum atomic E-state index is -0.561. The molecule has 4 rings (SSSR count). The molecule has 7 nitrogen and oxygen atoms in total.